The van der Waals surface area contributed by atoms with Crippen LogP contribution in [0.25, 0.3) is 11.1 Å². The van der Waals surface area contributed by atoms with Crippen molar-refractivity contribution in [2.45, 2.75) is 44.4 Å². The van der Waals surface area contributed by atoms with Crippen LogP contribution in [0.2, 0.25) is 0 Å². The molecule has 0 saturated heterocycles. The summed E-state index contributed by atoms with van der Waals surface area (Å²) in [6, 6.07) is 10.8. The van der Waals surface area contributed by atoms with Gasteiger partial charge >= 0.3 is 18.2 Å². The van der Waals surface area contributed by atoms with Gasteiger partial charge in [-0.05, 0) is 42.5 Å². The number of hydrogen-bond acceptors (Lipinski definition) is 4. The van der Waals surface area contributed by atoms with E-state index in [1.165, 1.54) is 11.4 Å². The van der Waals surface area contributed by atoms with Gasteiger partial charge in [0.2, 0.25) is 11.9 Å². The molecule has 186 valence electrons. The topological polar surface area (TPSA) is 105 Å². The van der Waals surface area contributed by atoms with Crippen LogP contribution < -0.4 is 10.6 Å². The van der Waals surface area contributed by atoms with Crippen LogP contribution in [0.15, 0.2) is 60.2 Å². The molecule has 7 nitrogen and oxygen atoms in total. The van der Waals surface area contributed by atoms with Crippen LogP contribution in [-0.4, -0.2) is 47.9 Å². The maximum atomic E-state index is 13.0. The largest absolute Gasteiger partial charge is 0.479 e. The molecule has 35 heavy (non-hydrogen) atoms. The molecule has 0 aromatic heterocycles. The van der Waals surface area contributed by atoms with Crippen LogP contribution >= 0.6 is 0 Å². The van der Waals surface area contributed by atoms with Crippen molar-refractivity contribution in [3.8, 4) is 11.1 Å². The Balaban J connectivity index is 1.71. The van der Waals surface area contributed by atoms with Gasteiger partial charge < -0.3 is 20.5 Å². The van der Waals surface area contributed by atoms with Crippen molar-refractivity contribution in [2.24, 2.45) is 0 Å². The van der Waals surface area contributed by atoms with E-state index in [4.69, 9.17) is 9.84 Å². The molecule has 2 unspecified atom stereocenters. The van der Waals surface area contributed by atoms with Crippen molar-refractivity contribution >= 4 is 18.0 Å². The second-order valence-corrected chi connectivity index (χ2v) is 8.36. The predicted octanol–water partition coefficient (Wildman–Crippen LogP) is 4.38. The Labute approximate surface area is 200 Å². The molecule has 3 rings (SSSR count). The molecule has 0 fully saturated rings. The van der Waals surface area contributed by atoms with E-state index in [9.17, 15) is 27.6 Å². The second-order valence-electron chi connectivity index (χ2n) is 8.36. The number of nitrogens with one attached hydrogen (secondary N) is 2. The van der Waals surface area contributed by atoms with E-state index >= 15 is 0 Å². The van der Waals surface area contributed by atoms with E-state index in [0.29, 0.717) is 0 Å². The molecule has 2 amide bonds. The molecule has 2 aromatic carbocycles. The van der Waals surface area contributed by atoms with Crippen molar-refractivity contribution in [1.29, 1.82) is 0 Å². The Morgan fingerprint density at radius 3 is 2.03 bits per heavy atom. The lowest BCUT2D eigenvalue weighted by Gasteiger charge is -2.22. The summed E-state index contributed by atoms with van der Waals surface area (Å²) in [5, 5.41) is 12.6. The highest BCUT2D eigenvalue weighted by Gasteiger charge is 2.47. The maximum absolute atomic E-state index is 13.0. The first-order valence-corrected chi connectivity index (χ1v) is 10.8. The summed E-state index contributed by atoms with van der Waals surface area (Å²) in [6.07, 6.45) is -4.82. The standard InChI is InChI=1S/C25H25F3N2O5/c1-14(2)11-12-20(22(31)30-21(23(32)33)25(26,27)28)29-24(34)35-13-19-17-9-5-3-7-15(17)16-8-4-6-10-18(16)19/h3-11,19-21H,12-13H2,1-2H3,(H,29,34)(H,30,31)(H,32,33). The first kappa shape index (κ1) is 25.8. The molecule has 0 aliphatic heterocycles. The number of alkyl halides is 3. The zero-order valence-electron chi connectivity index (χ0n) is 19.1. The number of rotatable bonds is 8. The average Bonchev–Trinajstić information content (AvgIpc) is 3.11. The van der Waals surface area contributed by atoms with E-state index in [2.05, 4.69) is 5.32 Å². The third-order valence-corrected chi connectivity index (χ3v) is 5.57. The Morgan fingerprint density at radius 2 is 1.54 bits per heavy atom. The molecule has 10 heteroatoms. The van der Waals surface area contributed by atoms with Gasteiger partial charge in [-0.2, -0.15) is 13.2 Å². The molecule has 0 heterocycles. The molecule has 2 atom stereocenters. The number of allylic oxidation sites excluding steroid dienone is 1. The Hall–Kier alpha value is -3.82. The molecule has 3 N–H and O–H groups in total. The molecule has 0 spiro atoms. The summed E-state index contributed by atoms with van der Waals surface area (Å²) in [5.41, 5.74) is 4.72. The lowest BCUT2D eigenvalue weighted by molar-refractivity contribution is -0.182. The number of benzene rings is 2. The lowest BCUT2D eigenvalue weighted by atomic mass is 9.98. The zero-order chi connectivity index (χ0) is 25.8. The van der Waals surface area contributed by atoms with Gasteiger partial charge in [-0.1, -0.05) is 60.2 Å². The summed E-state index contributed by atoms with van der Waals surface area (Å²) < 4.78 is 44.3. The fourth-order valence-corrected chi connectivity index (χ4v) is 3.89. The van der Waals surface area contributed by atoms with E-state index in [0.717, 1.165) is 27.8 Å². The molecule has 0 bridgehead atoms. The molecular formula is C25H25F3N2O5. The van der Waals surface area contributed by atoms with Gasteiger partial charge in [0.1, 0.15) is 12.6 Å². The molecular weight excluding hydrogens is 465 g/mol. The molecule has 2 aromatic rings. The minimum Gasteiger partial charge on any atom is -0.479 e. The van der Waals surface area contributed by atoms with Gasteiger partial charge in [-0.25, -0.2) is 9.59 Å². The van der Waals surface area contributed by atoms with Crippen molar-refractivity contribution in [1.82, 2.24) is 10.6 Å². The fourth-order valence-electron chi connectivity index (χ4n) is 3.89. The molecule has 0 radical (unpaired) electrons. The summed E-state index contributed by atoms with van der Waals surface area (Å²) in [4.78, 5) is 36.0. The quantitative estimate of drug-likeness (QED) is 0.477. The fraction of sp³-hybridized carbons (Fsp3) is 0.320. The lowest BCUT2D eigenvalue weighted by Crippen LogP contribution is -2.56. The number of carboxylic acid groups (broad SMARTS) is 1. The van der Waals surface area contributed by atoms with Crippen LogP contribution in [-0.2, 0) is 14.3 Å². The summed E-state index contributed by atoms with van der Waals surface area (Å²) in [6.45, 7) is 3.35. The Morgan fingerprint density at radius 1 is 1.00 bits per heavy atom. The number of halogens is 3. The van der Waals surface area contributed by atoms with Gasteiger partial charge in [0.05, 0.1) is 0 Å². The van der Waals surface area contributed by atoms with Gasteiger partial charge in [0, 0.05) is 5.92 Å². The number of aliphatic carboxylic acids is 1. The normalized spacial score (nSPS) is 14.2. The number of carbonyl (C=O) groups is 3. The number of hydrogen-bond donors (Lipinski definition) is 3. The number of carboxylic acids is 1. The first-order valence-electron chi connectivity index (χ1n) is 10.8. The number of carbonyl (C=O) groups excluding carboxylic acids is 2. The van der Waals surface area contributed by atoms with Crippen molar-refractivity contribution < 1.29 is 37.4 Å². The van der Waals surface area contributed by atoms with Crippen LogP contribution in [0.5, 0.6) is 0 Å². The number of fused-ring (bicyclic) bond motifs is 3. The molecule has 1 aliphatic rings. The van der Waals surface area contributed by atoms with Gasteiger partial charge in [0.25, 0.3) is 0 Å². The van der Waals surface area contributed by atoms with Crippen LogP contribution in [0.3, 0.4) is 0 Å². The van der Waals surface area contributed by atoms with Gasteiger partial charge in [-0.15, -0.1) is 0 Å². The van der Waals surface area contributed by atoms with E-state index < -0.39 is 36.2 Å². The van der Waals surface area contributed by atoms with Crippen LogP contribution in [0.1, 0.15) is 37.3 Å². The number of ether oxygens (including phenoxy) is 1. The van der Waals surface area contributed by atoms with Crippen LogP contribution in [0.4, 0.5) is 18.0 Å². The second kappa shape index (κ2) is 10.6. The minimum absolute atomic E-state index is 0.0584. The third-order valence-electron chi connectivity index (χ3n) is 5.57. The van der Waals surface area contributed by atoms with Crippen molar-refractivity contribution in [3.05, 3.63) is 71.3 Å². The highest BCUT2D eigenvalue weighted by Crippen LogP contribution is 2.44. The summed E-state index contributed by atoms with van der Waals surface area (Å²) in [7, 11) is 0. The Kier molecular flexibility index (Phi) is 7.83. The third kappa shape index (κ3) is 6.20. The van der Waals surface area contributed by atoms with Crippen LogP contribution in [0, 0.1) is 0 Å². The van der Waals surface area contributed by atoms with Gasteiger partial charge in [0.15, 0.2) is 0 Å². The van der Waals surface area contributed by atoms with E-state index in [1.54, 1.807) is 13.8 Å². The number of alkyl carbamates (subject to hydrolysis) is 1. The zero-order valence-corrected chi connectivity index (χ0v) is 19.1. The maximum Gasteiger partial charge on any atom is 0.419 e. The SMILES string of the molecule is CC(C)=CCC(NC(=O)OCC1c2ccccc2-c2ccccc21)C(=O)NC(C(=O)O)C(F)(F)F. The Bertz CT molecular complexity index is 1100. The highest BCUT2D eigenvalue weighted by atomic mass is 19.4. The molecule has 0 saturated carbocycles. The highest BCUT2D eigenvalue weighted by molar-refractivity contribution is 5.89. The molecule has 1 aliphatic carbocycles. The summed E-state index contributed by atoms with van der Waals surface area (Å²) in [5.74, 6) is -3.80. The number of amides is 2. The first-order chi connectivity index (χ1) is 16.5. The van der Waals surface area contributed by atoms with E-state index in [1.807, 2.05) is 48.5 Å². The van der Waals surface area contributed by atoms with Crippen molar-refractivity contribution in [2.75, 3.05) is 6.61 Å². The summed E-state index contributed by atoms with van der Waals surface area (Å²) >= 11 is 0. The van der Waals surface area contributed by atoms with Gasteiger partial charge in [-0.3, -0.25) is 4.79 Å². The monoisotopic (exact) mass is 490 g/mol. The average molecular weight is 490 g/mol. The predicted molar refractivity (Wildman–Crippen MR) is 122 cm³/mol. The smallest absolute Gasteiger partial charge is 0.419 e. The van der Waals surface area contributed by atoms with Crippen molar-refractivity contribution in [3.63, 3.8) is 0 Å². The van der Waals surface area contributed by atoms with E-state index in [-0.39, 0.29) is 18.9 Å². The minimum atomic E-state index is -5.20.